The highest BCUT2D eigenvalue weighted by molar-refractivity contribution is 7.15. The number of aryl methyl sites for hydroxylation is 1. The monoisotopic (exact) mass is 509 g/mol. The molecule has 1 N–H and O–H groups in total. The average Bonchev–Trinajstić information content (AvgIpc) is 3.67. The molecule has 36 heavy (non-hydrogen) atoms. The first-order valence-electron chi connectivity index (χ1n) is 11.8. The van der Waals surface area contributed by atoms with E-state index < -0.39 is 6.09 Å². The smallest absolute Gasteiger partial charge is 0.416 e. The summed E-state index contributed by atoms with van der Waals surface area (Å²) in [5.41, 5.74) is 1.28. The molecular weight excluding hydrogens is 482 g/mol. The number of ether oxygens (including phenoxy) is 4. The van der Waals surface area contributed by atoms with Crippen molar-refractivity contribution in [3.8, 4) is 33.6 Å². The predicted octanol–water partition coefficient (Wildman–Crippen LogP) is 4.29. The molecule has 0 radical (unpaired) electrons. The number of benzene rings is 2. The van der Waals surface area contributed by atoms with Gasteiger partial charge in [-0.1, -0.05) is 18.2 Å². The number of aromatic nitrogens is 1. The number of amides is 2. The lowest BCUT2D eigenvalue weighted by Crippen LogP contribution is -2.41. The van der Waals surface area contributed by atoms with Crippen LogP contribution >= 0.6 is 11.3 Å². The second-order valence-corrected chi connectivity index (χ2v) is 9.68. The normalized spacial score (nSPS) is 14.2. The van der Waals surface area contributed by atoms with E-state index in [-0.39, 0.29) is 24.4 Å². The molecule has 9 nitrogen and oxygen atoms in total. The van der Waals surface area contributed by atoms with Gasteiger partial charge in [-0.15, -0.1) is 11.3 Å². The number of hydrogen-bond acceptors (Lipinski definition) is 8. The van der Waals surface area contributed by atoms with Crippen LogP contribution in [0.15, 0.2) is 42.5 Å². The van der Waals surface area contributed by atoms with Gasteiger partial charge in [0, 0.05) is 24.7 Å². The lowest BCUT2D eigenvalue weighted by molar-refractivity contribution is 0.0933. The van der Waals surface area contributed by atoms with E-state index >= 15 is 0 Å². The van der Waals surface area contributed by atoms with Crippen LogP contribution in [0.2, 0.25) is 0 Å². The molecule has 2 aromatic carbocycles. The van der Waals surface area contributed by atoms with Gasteiger partial charge in [-0.25, -0.2) is 9.78 Å². The third-order valence-electron chi connectivity index (χ3n) is 5.89. The molecule has 2 amide bonds. The van der Waals surface area contributed by atoms with Crippen molar-refractivity contribution < 1.29 is 28.5 Å². The topological polar surface area (TPSA) is 99.2 Å². The number of fused-ring (bicyclic) bond motifs is 1. The molecule has 10 heteroatoms. The van der Waals surface area contributed by atoms with Gasteiger partial charge < -0.3 is 29.2 Å². The van der Waals surface area contributed by atoms with Crippen LogP contribution in [-0.2, 0) is 0 Å². The second kappa shape index (κ2) is 10.4. The van der Waals surface area contributed by atoms with E-state index in [0.717, 1.165) is 28.3 Å². The highest BCUT2D eigenvalue weighted by Gasteiger charge is 2.34. The molecule has 1 fully saturated rings. The SMILES string of the molecule is COc1cccc(-c2sc(C)nc2OC(=O)N(CCNC(=O)c2cccc3c2OCCO3)C2CC2)c1. The molecule has 0 saturated heterocycles. The van der Waals surface area contributed by atoms with Crippen molar-refractivity contribution >= 4 is 23.3 Å². The molecule has 0 spiro atoms. The minimum atomic E-state index is -0.477. The maximum Gasteiger partial charge on any atom is 0.416 e. The highest BCUT2D eigenvalue weighted by Crippen LogP contribution is 2.38. The Morgan fingerprint density at radius 3 is 2.78 bits per heavy atom. The van der Waals surface area contributed by atoms with Crippen LogP contribution in [0.5, 0.6) is 23.1 Å². The summed E-state index contributed by atoms with van der Waals surface area (Å²) in [7, 11) is 1.61. The van der Waals surface area contributed by atoms with Crippen LogP contribution in [0.4, 0.5) is 4.79 Å². The summed E-state index contributed by atoms with van der Waals surface area (Å²) in [5.74, 6) is 1.71. The van der Waals surface area contributed by atoms with Crippen molar-refractivity contribution in [2.24, 2.45) is 0 Å². The molecule has 0 bridgehead atoms. The first kappa shape index (κ1) is 23.9. The van der Waals surface area contributed by atoms with Crippen LogP contribution < -0.4 is 24.3 Å². The third kappa shape index (κ3) is 5.23. The van der Waals surface area contributed by atoms with Gasteiger partial charge in [0.25, 0.3) is 5.91 Å². The number of carbonyl (C=O) groups is 2. The van der Waals surface area contributed by atoms with Crippen LogP contribution in [0.3, 0.4) is 0 Å². The Morgan fingerprint density at radius 1 is 1.17 bits per heavy atom. The predicted molar refractivity (Wildman–Crippen MR) is 134 cm³/mol. The largest absolute Gasteiger partial charge is 0.497 e. The molecule has 5 rings (SSSR count). The van der Waals surface area contributed by atoms with E-state index in [1.165, 1.54) is 11.3 Å². The summed E-state index contributed by atoms with van der Waals surface area (Å²) in [6.45, 7) is 3.31. The van der Waals surface area contributed by atoms with Gasteiger partial charge in [0.1, 0.15) is 19.0 Å². The van der Waals surface area contributed by atoms with E-state index in [1.54, 1.807) is 30.2 Å². The zero-order valence-electron chi connectivity index (χ0n) is 20.1. The standard InChI is InChI=1S/C26H27N3O6S/c1-16-28-25(23(36-16)17-5-3-6-19(15-17)32-2)35-26(31)29(18-9-10-18)12-11-27-24(30)20-7-4-8-21-22(20)34-14-13-33-21/h3-8,15,18H,9-14H2,1-2H3,(H,27,30). The Bertz CT molecular complexity index is 1270. The molecule has 2 heterocycles. The lowest BCUT2D eigenvalue weighted by Gasteiger charge is -2.22. The Hall–Kier alpha value is -3.79. The van der Waals surface area contributed by atoms with Crippen molar-refractivity contribution in [1.82, 2.24) is 15.2 Å². The van der Waals surface area contributed by atoms with Crippen LogP contribution in [0, 0.1) is 6.92 Å². The third-order valence-corrected chi connectivity index (χ3v) is 6.89. The molecular formula is C26H27N3O6S. The van der Waals surface area contributed by atoms with Crippen molar-refractivity contribution in [2.75, 3.05) is 33.4 Å². The lowest BCUT2D eigenvalue weighted by atomic mass is 10.1. The summed E-state index contributed by atoms with van der Waals surface area (Å²) < 4.78 is 22.3. The van der Waals surface area contributed by atoms with Gasteiger partial charge in [-0.05, 0) is 44.0 Å². The van der Waals surface area contributed by atoms with Crippen molar-refractivity contribution in [3.63, 3.8) is 0 Å². The number of thiazole rings is 1. The summed E-state index contributed by atoms with van der Waals surface area (Å²) >= 11 is 1.45. The Morgan fingerprint density at radius 2 is 1.97 bits per heavy atom. The summed E-state index contributed by atoms with van der Waals surface area (Å²) in [5, 5.41) is 3.67. The fourth-order valence-corrected chi connectivity index (χ4v) is 4.86. The van der Waals surface area contributed by atoms with E-state index in [0.29, 0.717) is 42.6 Å². The van der Waals surface area contributed by atoms with Gasteiger partial charge in [-0.2, -0.15) is 0 Å². The van der Waals surface area contributed by atoms with Crippen LogP contribution in [0.1, 0.15) is 28.2 Å². The summed E-state index contributed by atoms with van der Waals surface area (Å²) in [6.07, 6.45) is 1.33. The van der Waals surface area contributed by atoms with Crippen LogP contribution in [-0.4, -0.2) is 61.3 Å². The van der Waals surface area contributed by atoms with E-state index in [4.69, 9.17) is 18.9 Å². The van der Waals surface area contributed by atoms with Gasteiger partial charge in [0.15, 0.2) is 11.5 Å². The van der Waals surface area contributed by atoms with Crippen molar-refractivity contribution in [1.29, 1.82) is 0 Å². The van der Waals surface area contributed by atoms with E-state index in [2.05, 4.69) is 10.3 Å². The zero-order chi connectivity index (χ0) is 25.1. The first-order valence-corrected chi connectivity index (χ1v) is 12.6. The van der Waals surface area contributed by atoms with Crippen LogP contribution in [0.25, 0.3) is 10.4 Å². The first-order chi connectivity index (χ1) is 17.5. The zero-order valence-corrected chi connectivity index (χ0v) is 20.9. The Balaban J connectivity index is 1.24. The number of nitrogens with zero attached hydrogens (tertiary/aromatic N) is 2. The number of rotatable bonds is 8. The van der Waals surface area contributed by atoms with Crippen molar-refractivity contribution in [2.45, 2.75) is 25.8 Å². The maximum atomic E-state index is 13.1. The highest BCUT2D eigenvalue weighted by atomic mass is 32.1. The van der Waals surface area contributed by atoms with E-state index in [1.807, 2.05) is 31.2 Å². The molecule has 2 aliphatic rings. The maximum absolute atomic E-state index is 13.1. The molecule has 1 aliphatic carbocycles. The van der Waals surface area contributed by atoms with Gasteiger partial charge in [0.05, 0.1) is 22.6 Å². The Labute approximate surface area is 212 Å². The number of carbonyl (C=O) groups excluding carboxylic acids is 2. The van der Waals surface area contributed by atoms with Gasteiger partial charge >= 0.3 is 6.09 Å². The van der Waals surface area contributed by atoms with Gasteiger partial charge in [-0.3, -0.25) is 4.79 Å². The fourth-order valence-electron chi connectivity index (χ4n) is 4.01. The molecule has 1 saturated carbocycles. The average molecular weight is 510 g/mol. The molecule has 1 aliphatic heterocycles. The molecule has 188 valence electrons. The minimum absolute atomic E-state index is 0.0932. The summed E-state index contributed by atoms with van der Waals surface area (Å²) in [6, 6.07) is 12.9. The van der Waals surface area contributed by atoms with Gasteiger partial charge in [0.2, 0.25) is 5.88 Å². The minimum Gasteiger partial charge on any atom is -0.497 e. The number of nitrogens with one attached hydrogen (secondary N) is 1. The Kier molecular flexibility index (Phi) is 6.95. The molecule has 0 unspecified atom stereocenters. The van der Waals surface area contributed by atoms with Crippen molar-refractivity contribution in [3.05, 3.63) is 53.0 Å². The van der Waals surface area contributed by atoms with E-state index in [9.17, 15) is 9.59 Å². The fraction of sp³-hybridized carbons (Fsp3) is 0.346. The molecule has 0 atom stereocenters. The molecule has 3 aromatic rings. The second-order valence-electron chi connectivity index (χ2n) is 8.48. The summed E-state index contributed by atoms with van der Waals surface area (Å²) in [4.78, 5) is 32.8. The quantitative estimate of drug-likeness (QED) is 0.484. The molecule has 1 aromatic heterocycles. The number of methoxy groups -OCH3 is 1. The number of para-hydroxylation sites is 1. The number of hydrogen-bond donors (Lipinski definition) is 1.